The zero-order valence-electron chi connectivity index (χ0n) is 14.7. The van der Waals surface area contributed by atoms with Gasteiger partial charge in [-0.1, -0.05) is 17.3 Å². The summed E-state index contributed by atoms with van der Waals surface area (Å²) in [6.07, 6.45) is 4.18. The van der Waals surface area contributed by atoms with Gasteiger partial charge in [-0.3, -0.25) is 0 Å². The molecule has 1 atom stereocenters. The highest BCUT2D eigenvalue weighted by Crippen LogP contribution is 2.38. The van der Waals surface area contributed by atoms with Gasteiger partial charge in [0, 0.05) is 29.3 Å². The number of anilines is 1. The molecule has 0 spiro atoms. The molecule has 1 fully saturated rings. The van der Waals surface area contributed by atoms with Gasteiger partial charge >= 0.3 is 0 Å². The Morgan fingerprint density at radius 1 is 1.12 bits per heavy atom. The monoisotopic (exact) mass is 335 g/mol. The highest BCUT2D eigenvalue weighted by Gasteiger charge is 2.28. The topological polar surface area (TPSA) is 76.7 Å². The van der Waals surface area contributed by atoms with Gasteiger partial charge < -0.3 is 9.84 Å². The molecule has 1 N–H and O–H groups in total. The van der Waals surface area contributed by atoms with E-state index >= 15 is 0 Å². The van der Waals surface area contributed by atoms with Crippen LogP contribution in [-0.4, -0.2) is 20.1 Å². The Labute approximate surface area is 146 Å². The Morgan fingerprint density at radius 2 is 1.88 bits per heavy atom. The summed E-state index contributed by atoms with van der Waals surface area (Å²) in [7, 11) is 0. The molecule has 2 aromatic heterocycles. The molecule has 0 bridgehead atoms. The van der Waals surface area contributed by atoms with Crippen molar-refractivity contribution in [3.8, 4) is 11.5 Å². The smallest absolute Gasteiger partial charge is 0.257 e. The number of aromatic nitrogens is 4. The molecule has 3 aromatic rings. The number of nitrogens with one attached hydrogen (secondary N) is 1. The largest absolute Gasteiger partial charge is 0.363 e. The molecule has 1 aromatic carbocycles. The second-order valence-electron chi connectivity index (χ2n) is 6.67. The van der Waals surface area contributed by atoms with E-state index in [4.69, 9.17) is 4.52 Å². The summed E-state index contributed by atoms with van der Waals surface area (Å²) < 4.78 is 5.38. The number of nitrogens with zero attached hydrogens (tertiary/aromatic N) is 4. The standard InChI is InChI=1S/C19H21N5O/c1-11-10-20-13(3)22-17(11)21-12(2)14-4-8-16(9-5-14)19-23-18(24-25-19)15-6-7-15/h4-5,8-10,12,15H,6-7H2,1-3H3,(H,20,21,22). The van der Waals surface area contributed by atoms with Crippen molar-refractivity contribution in [1.82, 2.24) is 20.1 Å². The first-order valence-electron chi connectivity index (χ1n) is 8.61. The molecule has 6 heteroatoms. The maximum atomic E-state index is 5.38. The van der Waals surface area contributed by atoms with E-state index in [0.717, 1.165) is 28.6 Å². The van der Waals surface area contributed by atoms with Crippen LogP contribution in [0.2, 0.25) is 0 Å². The van der Waals surface area contributed by atoms with Crippen molar-refractivity contribution < 1.29 is 4.52 Å². The lowest BCUT2D eigenvalue weighted by atomic mass is 10.1. The SMILES string of the molecule is Cc1ncc(C)c(NC(C)c2ccc(-c3nc(C4CC4)no3)cc2)n1. The normalized spacial score (nSPS) is 15.2. The van der Waals surface area contributed by atoms with E-state index in [2.05, 4.69) is 44.5 Å². The molecule has 2 heterocycles. The predicted octanol–water partition coefficient (Wildman–Crippen LogP) is 4.19. The molecule has 25 heavy (non-hydrogen) atoms. The van der Waals surface area contributed by atoms with E-state index in [0.29, 0.717) is 11.8 Å². The van der Waals surface area contributed by atoms with E-state index in [1.807, 2.05) is 32.2 Å². The Morgan fingerprint density at radius 3 is 2.60 bits per heavy atom. The molecule has 1 aliphatic rings. The molecule has 0 radical (unpaired) electrons. The van der Waals surface area contributed by atoms with Crippen molar-refractivity contribution in [3.05, 3.63) is 53.2 Å². The molecule has 128 valence electrons. The molecule has 1 aliphatic carbocycles. The number of rotatable bonds is 5. The lowest BCUT2D eigenvalue weighted by Crippen LogP contribution is -2.10. The Bertz CT molecular complexity index is 883. The fraction of sp³-hybridized carbons (Fsp3) is 0.368. The second-order valence-corrected chi connectivity index (χ2v) is 6.67. The molecular formula is C19H21N5O. The zero-order valence-corrected chi connectivity index (χ0v) is 14.7. The summed E-state index contributed by atoms with van der Waals surface area (Å²) >= 11 is 0. The van der Waals surface area contributed by atoms with Crippen LogP contribution in [0, 0.1) is 13.8 Å². The zero-order chi connectivity index (χ0) is 17.4. The molecule has 4 rings (SSSR count). The van der Waals surface area contributed by atoms with Crippen LogP contribution in [0.25, 0.3) is 11.5 Å². The van der Waals surface area contributed by atoms with E-state index < -0.39 is 0 Å². The number of aryl methyl sites for hydroxylation is 2. The van der Waals surface area contributed by atoms with Crippen LogP contribution in [0.5, 0.6) is 0 Å². The maximum absolute atomic E-state index is 5.38. The molecule has 0 amide bonds. The molecule has 1 unspecified atom stereocenters. The van der Waals surface area contributed by atoms with E-state index in [9.17, 15) is 0 Å². The third-order valence-electron chi connectivity index (χ3n) is 4.49. The van der Waals surface area contributed by atoms with E-state index in [1.165, 1.54) is 18.4 Å². The van der Waals surface area contributed by atoms with Gasteiger partial charge in [0.2, 0.25) is 0 Å². The third kappa shape index (κ3) is 3.38. The summed E-state index contributed by atoms with van der Waals surface area (Å²) in [4.78, 5) is 13.2. The van der Waals surface area contributed by atoms with Gasteiger partial charge in [-0.25, -0.2) is 9.97 Å². The van der Waals surface area contributed by atoms with Crippen LogP contribution in [0.1, 0.15) is 54.5 Å². The van der Waals surface area contributed by atoms with Crippen molar-refractivity contribution in [1.29, 1.82) is 0 Å². The van der Waals surface area contributed by atoms with Gasteiger partial charge in [-0.2, -0.15) is 4.98 Å². The summed E-state index contributed by atoms with van der Waals surface area (Å²) in [6, 6.07) is 8.34. The number of benzene rings is 1. The minimum absolute atomic E-state index is 0.131. The summed E-state index contributed by atoms with van der Waals surface area (Å²) in [5.41, 5.74) is 3.15. The van der Waals surface area contributed by atoms with Gasteiger partial charge in [0.1, 0.15) is 11.6 Å². The first-order valence-corrected chi connectivity index (χ1v) is 8.61. The van der Waals surface area contributed by atoms with Gasteiger partial charge in [0.15, 0.2) is 5.82 Å². The maximum Gasteiger partial charge on any atom is 0.257 e. The summed E-state index contributed by atoms with van der Waals surface area (Å²) in [5, 5.41) is 7.52. The van der Waals surface area contributed by atoms with Crippen LogP contribution in [0.3, 0.4) is 0 Å². The lowest BCUT2D eigenvalue weighted by molar-refractivity contribution is 0.422. The van der Waals surface area contributed by atoms with Crippen molar-refractivity contribution in [3.63, 3.8) is 0 Å². The quantitative estimate of drug-likeness (QED) is 0.753. The highest BCUT2D eigenvalue weighted by molar-refractivity contribution is 5.54. The van der Waals surface area contributed by atoms with Crippen LogP contribution in [0.4, 0.5) is 5.82 Å². The highest BCUT2D eigenvalue weighted by atomic mass is 16.5. The van der Waals surface area contributed by atoms with E-state index in [1.54, 1.807) is 0 Å². The third-order valence-corrected chi connectivity index (χ3v) is 4.49. The summed E-state index contributed by atoms with van der Waals surface area (Å²) in [6.45, 7) is 6.01. The summed E-state index contributed by atoms with van der Waals surface area (Å²) in [5.74, 6) is 3.56. The molecule has 6 nitrogen and oxygen atoms in total. The van der Waals surface area contributed by atoms with Crippen molar-refractivity contribution >= 4 is 5.82 Å². The van der Waals surface area contributed by atoms with Gasteiger partial charge in [0.05, 0.1) is 0 Å². The fourth-order valence-electron chi connectivity index (χ4n) is 2.74. The van der Waals surface area contributed by atoms with Crippen LogP contribution >= 0.6 is 0 Å². The Kier molecular flexibility index (Phi) is 3.95. The van der Waals surface area contributed by atoms with Gasteiger partial charge in [-0.15, -0.1) is 0 Å². The van der Waals surface area contributed by atoms with E-state index in [-0.39, 0.29) is 6.04 Å². The van der Waals surface area contributed by atoms with Crippen molar-refractivity contribution in [2.45, 2.75) is 45.6 Å². The molecule has 0 aliphatic heterocycles. The number of hydrogen-bond acceptors (Lipinski definition) is 6. The van der Waals surface area contributed by atoms with Crippen LogP contribution in [-0.2, 0) is 0 Å². The predicted molar refractivity (Wildman–Crippen MR) is 95.3 cm³/mol. The minimum Gasteiger partial charge on any atom is -0.363 e. The lowest BCUT2D eigenvalue weighted by Gasteiger charge is -2.16. The fourth-order valence-corrected chi connectivity index (χ4v) is 2.74. The van der Waals surface area contributed by atoms with Crippen molar-refractivity contribution in [2.24, 2.45) is 0 Å². The Balaban J connectivity index is 1.49. The van der Waals surface area contributed by atoms with Crippen LogP contribution < -0.4 is 5.32 Å². The van der Waals surface area contributed by atoms with Gasteiger partial charge in [0.25, 0.3) is 5.89 Å². The second kappa shape index (κ2) is 6.27. The first kappa shape index (κ1) is 15.7. The van der Waals surface area contributed by atoms with Gasteiger partial charge in [-0.05, 0) is 51.3 Å². The molecule has 1 saturated carbocycles. The first-order chi connectivity index (χ1) is 12.1. The Hall–Kier alpha value is -2.76. The molecule has 0 saturated heterocycles. The average Bonchev–Trinajstić information content (AvgIpc) is 3.35. The van der Waals surface area contributed by atoms with Crippen LogP contribution in [0.15, 0.2) is 35.0 Å². The van der Waals surface area contributed by atoms with Crippen molar-refractivity contribution in [2.75, 3.05) is 5.32 Å². The number of hydrogen-bond donors (Lipinski definition) is 1. The average molecular weight is 335 g/mol. The minimum atomic E-state index is 0.131. The molecular weight excluding hydrogens is 314 g/mol.